The molecule has 2 aromatic carbocycles. The van der Waals surface area contributed by atoms with E-state index in [9.17, 15) is 24.0 Å². The lowest BCUT2D eigenvalue weighted by Gasteiger charge is -2.29. The van der Waals surface area contributed by atoms with E-state index in [0.717, 1.165) is 4.90 Å². The molecule has 1 spiro atoms. The Morgan fingerprint density at radius 1 is 1.06 bits per heavy atom. The van der Waals surface area contributed by atoms with Gasteiger partial charge >= 0.3 is 5.97 Å². The summed E-state index contributed by atoms with van der Waals surface area (Å²) in [5.41, 5.74) is 5.55. The summed E-state index contributed by atoms with van der Waals surface area (Å²) in [6, 6.07) is 12.0. The Bertz CT molecular complexity index is 1240. The van der Waals surface area contributed by atoms with Crippen molar-refractivity contribution in [3.63, 3.8) is 0 Å². The van der Waals surface area contributed by atoms with Gasteiger partial charge in [-0.25, -0.2) is 9.69 Å². The van der Waals surface area contributed by atoms with Crippen LogP contribution in [-0.4, -0.2) is 42.2 Å². The Morgan fingerprint density at radius 3 is 2.44 bits per heavy atom. The molecule has 3 heterocycles. The molecule has 2 fully saturated rings. The minimum Gasteiger partial charge on any atom is -0.462 e. The van der Waals surface area contributed by atoms with Crippen LogP contribution >= 0.6 is 0 Å². The summed E-state index contributed by atoms with van der Waals surface area (Å²) in [5, 5.41) is 5.92. The summed E-state index contributed by atoms with van der Waals surface area (Å²) >= 11 is 0. The monoisotopic (exact) mass is 462 g/mol. The number of amides is 4. The molecule has 10 nitrogen and oxygen atoms in total. The van der Waals surface area contributed by atoms with Gasteiger partial charge in [-0.1, -0.05) is 18.2 Å². The van der Waals surface area contributed by atoms with Gasteiger partial charge in [-0.3, -0.25) is 24.5 Å². The number of esters is 1. The normalized spacial score (nSPS) is 27.0. The summed E-state index contributed by atoms with van der Waals surface area (Å²) in [7, 11) is 0. The van der Waals surface area contributed by atoms with Gasteiger partial charge in [0.25, 0.3) is 0 Å². The number of imide groups is 1. The topological polar surface area (TPSA) is 148 Å². The zero-order chi connectivity index (χ0) is 24.2. The first kappa shape index (κ1) is 21.8. The number of rotatable bonds is 5. The molecule has 2 aromatic rings. The van der Waals surface area contributed by atoms with Gasteiger partial charge in [0.05, 0.1) is 29.7 Å². The molecule has 0 saturated carbocycles. The van der Waals surface area contributed by atoms with E-state index in [1.54, 1.807) is 31.2 Å². The second-order valence-electron chi connectivity index (χ2n) is 8.51. The molecule has 4 unspecified atom stereocenters. The fourth-order valence-electron chi connectivity index (χ4n) is 5.37. The number of carbonyl (C=O) groups is 5. The number of fused-ring (bicyclic) bond motifs is 4. The Hall–Kier alpha value is -4.05. The Morgan fingerprint density at radius 2 is 1.76 bits per heavy atom. The highest BCUT2D eigenvalue weighted by molar-refractivity contribution is 6.26. The van der Waals surface area contributed by atoms with Crippen molar-refractivity contribution in [3.05, 3.63) is 59.7 Å². The quantitative estimate of drug-likeness (QED) is 0.437. The van der Waals surface area contributed by atoms with Crippen molar-refractivity contribution in [2.75, 3.05) is 16.8 Å². The van der Waals surface area contributed by atoms with E-state index in [0.29, 0.717) is 11.3 Å². The van der Waals surface area contributed by atoms with Crippen LogP contribution in [0.4, 0.5) is 11.4 Å². The van der Waals surface area contributed by atoms with Crippen LogP contribution < -0.4 is 21.3 Å². The molecule has 3 aliphatic rings. The molecule has 2 saturated heterocycles. The first-order valence-electron chi connectivity index (χ1n) is 10.9. The number of hydrogen-bond donors (Lipinski definition) is 3. The van der Waals surface area contributed by atoms with Crippen molar-refractivity contribution in [1.82, 2.24) is 5.32 Å². The fourth-order valence-corrected chi connectivity index (χ4v) is 5.37. The first-order chi connectivity index (χ1) is 16.3. The van der Waals surface area contributed by atoms with Gasteiger partial charge in [0.2, 0.25) is 23.6 Å². The lowest BCUT2D eigenvalue weighted by molar-refractivity contribution is -0.130. The fraction of sp³-hybridized carbons (Fsp3) is 0.292. The highest BCUT2D eigenvalue weighted by Crippen LogP contribution is 2.53. The average molecular weight is 462 g/mol. The summed E-state index contributed by atoms with van der Waals surface area (Å²) in [4.78, 5) is 65.4. The average Bonchev–Trinajstić information content (AvgIpc) is 3.38. The summed E-state index contributed by atoms with van der Waals surface area (Å²) < 4.78 is 4.97. The maximum atomic E-state index is 13.7. The van der Waals surface area contributed by atoms with Gasteiger partial charge in [0, 0.05) is 23.7 Å². The van der Waals surface area contributed by atoms with E-state index < -0.39 is 53.0 Å². The number of anilines is 2. The molecule has 5 rings (SSSR count). The maximum absolute atomic E-state index is 13.7. The molecule has 0 radical (unpaired) electrons. The van der Waals surface area contributed by atoms with Crippen LogP contribution in [0.3, 0.4) is 0 Å². The number of nitrogens with two attached hydrogens (primary N) is 1. The summed E-state index contributed by atoms with van der Waals surface area (Å²) in [6.07, 6.45) is -0.215. The number of para-hydroxylation sites is 1. The predicted octanol–water partition coefficient (Wildman–Crippen LogP) is 0.664. The number of nitrogens with one attached hydrogen (secondary N) is 2. The van der Waals surface area contributed by atoms with Crippen molar-refractivity contribution in [3.8, 4) is 0 Å². The number of benzene rings is 2. The molecule has 0 aromatic heterocycles. The van der Waals surface area contributed by atoms with Gasteiger partial charge < -0.3 is 15.8 Å². The highest BCUT2D eigenvalue weighted by Gasteiger charge is 2.70. The summed E-state index contributed by atoms with van der Waals surface area (Å²) in [5.74, 6) is -4.78. The minimum atomic E-state index is -1.51. The van der Waals surface area contributed by atoms with Crippen molar-refractivity contribution in [2.45, 2.75) is 24.9 Å². The van der Waals surface area contributed by atoms with Crippen molar-refractivity contribution in [1.29, 1.82) is 0 Å². The largest absolute Gasteiger partial charge is 0.462 e. The van der Waals surface area contributed by atoms with Gasteiger partial charge in [0.15, 0.2) is 0 Å². The molecular weight excluding hydrogens is 440 g/mol. The van der Waals surface area contributed by atoms with Crippen molar-refractivity contribution >= 4 is 41.0 Å². The second-order valence-corrected chi connectivity index (χ2v) is 8.51. The van der Waals surface area contributed by atoms with Crippen LogP contribution in [0.5, 0.6) is 0 Å². The molecule has 174 valence electrons. The van der Waals surface area contributed by atoms with Gasteiger partial charge in [-0.2, -0.15) is 0 Å². The lowest BCUT2D eigenvalue weighted by Crippen LogP contribution is -2.53. The third kappa shape index (κ3) is 2.95. The molecule has 0 aliphatic carbocycles. The molecule has 3 aliphatic heterocycles. The van der Waals surface area contributed by atoms with Crippen molar-refractivity contribution < 1.29 is 28.7 Å². The van der Waals surface area contributed by atoms with Gasteiger partial charge in [-0.05, 0) is 37.3 Å². The molecule has 10 heteroatoms. The number of carbonyl (C=O) groups excluding carboxylic acids is 5. The molecule has 0 bridgehead atoms. The third-order valence-corrected chi connectivity index (χ3v) is 6.68. The predicted molar refractivity (Wildman–Crippen MR) is 119 cm³/mol. The Labute approximate surface area is 194 Å². The van der Waals surface area contributed by atoms with E-state index in [1.165, 1.54) is 24.3 Å². The van der Waals surface area contributed by atoms with E-state index in [-0.39, 0.29) is 24.3 Å². The number of primary amides is 1. The van der Waals surface area contributed by atoms with E-state index in [2.05, 4.69) is 10.6 Å². The SMILES string of the molecule is CCOC(=O)c1ccc(N2C(=O)C3C(CC(N)=O)NC4(C(=O)Nc5ccccc54)C3C2=O)cc1. The Kier molecular flexibility index (Phi) is 4.98. The van der Waals surface area contributed by atoms with Crippen LogP contribution in [0.25, 0.3) is 0 Å². The number of nitrogens with zero attached hydrogens (tertiary/aromatic N) is 1. The van der Waals surface area contributed by atoms with Crippen LogP contribution in [-0.2, 0) is 29.5 Å². The van der Waals surface area contributed by atoms with Crippen LogP contribution in [0.2, 0.25) is 0 Å². The second kappa shape index (κ2) is 7.77. The van der Waals surface area contributed by atoms with Crippen LogP contribution in [0, 0.1) is 11.8 Å². The molecule has 34 heavy (non-hydrogen) atoms. The van der Waals surface area contributed by atoms with E-state index in [4.69, 9.17) is 10.5 Å². The summed E-state index contributed by atoms with van der Waals surface area (Å²) in [6.45, 7) is 1.91. The maximum Gasteiger partial charge on any atom is 0.338 e. The number of hydrogen-bond acceptors (Lipinski definition) is 7. The molecule has 4 N–H and O–H groups in total. The minimum absolute atomic E-state index is 0.215. The smallest absolute Gasteiger partial charge is 0.338 e. The first-order valence-corrected chi connectivity index (χ1v) is 10.9. The zero-order valence-electron chi connectivity index (χ0n) is 18.2. The molecular formula is C24H22N4O6. The highest BCUT2D eigenvalue weighted by atomic mass is 16.5. The van der Waals surface area contributed by atoms with E-state index >= 15 is 0 Å². The van der Waals surface area contributed by atoms with E-state index in [1.807, 2.05) is 0 Å². The van der Waals surface area contributed by atoms with Crippen LogP contribution in [0.15, 0.2) is 48.5 Å². The van der Waals surface area contributed by atoms with Crippen LogP contribution in [0.1, 0.15) is 29.3 Å². The zero-order valence-corrected chi connectivity index (χ0v) is 18.2. The molecule has 4 atom stereocenters. The third-order valence-electron chi connectivity index (χ3n) is 6.68. The van der Waals surface area contributed by atoms with Gasteiger partial charge in [-0.15, -0.1) is 0 Å². The number of ether oxygens (including phenoxy) is 1. The van der Waals surface area contributed by atoms with Crippen molar-refractivity contribution in [2.24, 2.45) is 17.6 Å². The standard InChI is InChI=1S/C24H22N4O6/c1-2-34-22(32)12-7-9-13(10-8-12)28-20(30)18-16(11-17(25)29)27-24(19(18)21(28)31)14-5-3-4-6-15(14)26-23(24)33/h3-10,16,18-19,27H,2,11H2,1H3,(H2,25,29)(H,26,33). The molecule has 4 amide bonds. The lowest BCUT2D eigenvalue weighted by atomic mass is 9.76. The Balaban J connectivity index is 1.58. The van der Waals surface area contributed by atoms with Gasteiger partial charge in [0.1, 0.15) is 5.54 Å².